The quantitative estimate of drug-likeness (QED) is 0.462. The van der Waals surface area contributed by atoms with Gasteiger partial charge in [-0.2, -0.15) is 13.2 Å². The van der Waals surface area contributed by atoms with Crippen LogP contribution in [-0.4, -0.2) is 72.3 Å². The van der Waals surface area contributed by atoms with Gasteiger partial charge >= 0.3 is 6.18 Å². The van der Waals surface area contributed by atoms with Crippen LogP contribution in [0.3, 0.4) is 0 Å². The Labute approximate surface area is 201 Å². The van der Waals surface area contributed by atoms with Crippen molar-refractivity contribution in [2.45, 2.75) is 38.0 Å². The highest BCUT2D eigenvalue weighted by Gasteiger charge is 2.29. The van der Waals surface area contributed by atoms with Gasteiger partial charge < -0.3 is 15.0 Å². The Morgan fingerprint density at radius 2 is 1.97 bits per heavy atom. The first-order chi connectivity index (χ1) is 16.2. The number of piperidine rings is 1. The number of likely N-dealkylation sites (N-methyl/N-ethyl adjacent to an activating group) is 1. The first-order valence-corrected chi connectivity index (χ1v) is 12.2. The Balaban J connectivity index is 1.30. The standard InChI is InChI=1S/C24H30F3N5OS/c1-31(2)10-11-33-19-5-3-4-17(12-19)15-32-8-6-18(7-9-32)30-22-21-13-20(14-24(25,26)27)34-23(21)29-16-28-22/h3-5,12-13,16,18H,6-11,14-15H2,1-2H3,(H,28,29,30). The zero-order valence-corrected chi connectivity index (χ0v) is 20.3. The third-order valence-corrected chi connectivity index (χ3v) is 6.84. The Morgan fingerprint density at radius 3 is 2.71 bits per heavy atom. The average molecular weight is 494 g/mol. The molecule has 10 heteroatoms. The summed E-state index contributed by atoms with van der Waals surface area (Å²) < 4.78 is 44.2. The molecule has 0 bridgehead atoms. The van der Waals surface area contributed by atoms with Gasteiger partial charge in [0.25, 0.3) is 0 Å². The SMILES string of the molecule is CN(C)CCOc1cccc(CN2CCC(Nc3ncnc4sc(CC(F)(F)F)cc34)CC2)c1. The minimum absolute atomic E-state index is 0.223. The van der Waals surface area contributed by atoms with Gasteiger partial charge in [0, 0.05) is 37.1 Å². The number of hydrogen-bond acceptors (Lipinski definition) is 7. The van der Waals surface area contributed by atoms with Crippen molar-refractivity contribution in [1.82, 2.24) is 19.8 Å². The number of ether oxygens (including phenoxy) is 1. The van der Waals surface area contributed by atoms with Crippen molar-refractivity contribution < 1.29 is 17.9 Å². The number of thiophene rings is 1. The van der Waals surface area contributed by atoms with Crippen molar-refractivity contribution in [3.63, 3.8) is 0 Å². The summed E-state index contributed by atoms with van der Waals surface area (Å²) >= 11 is 1.08. The highest BCUT2D eigenvalue weighted by atomic mass is 32.1. The largest absolute Gasteiger partial charge is 0.492 e. The molecule has 1 aromatic carbocycles. The third kappa shape index (κ3) is 7.04. The number of nitrogens with one attached hydrogen (secondary N) is 1. The maximum Gasteiger partial charge on any atom is 0.393 e. The summed E-state index contributed by atoms with van der Waals surface area (Å²) in [7, 11) is 4.05. The molecule has 1 fully saturated rings. The van der Waals surface area contributed by atoms with Crippen molar-refractivity contribution >= 4 is 27.4 Å². The van der Waals surface area contributed by atoms with E-state index in [0.717, 1.165) is 56.1 Å². The maximum absolute atomic E-state index is 12.8. The van der Waals surface area contributed by atoms with E-state index in [4.69, 9.17) is 4.74 Å². The number of benzene rings is 1. The fourth-order valence-corrected chi connectivity index (χ4v) is 5.10. The van der Waals surface area contributed by atoms with Gasteiger partial charge in [0.1, 0.15) is 29.3 Å². The van der Waals surface area contributed by atoms with E-state index >= 15 is 0 Å². The number of alkyl halides is 3. The second kappa shape index (κ2) is 10.9. The summed E-state index contributed by atoms with van der Waals surface area (Å²) in [6.07, 6.45) is -1.88. The Morgan fingerprint density at radius 1 is 1.18 bits per heavy atom. The van der Waals surface area contributed by atoms with Crippen LogP contribution >= 0.6 is 11.3 Å². The van der Waals surface area contributed by atoms with E-state index in [1.54, 1.807) is 6.07 Å². The van der Waals surface area contributed by atoms with Crippen LogP contribution in [0, 0.1) is 0 Å². The third-order valence-electron chi connectivity index (χ3n) is 5.80. The first kappa shape index (κ1) is 24.7. The van der Waals surface area contributed by atoms with Gasteiger partial charge in [-0.05, 0) is 50.7 Å². The molecule has 6 nitrogen and oxygen atoms in total. The Kier molecular flexibility index (Phi) is 7.90. The zero-order valence-electron chi connectivity index (χ0n) is 19.4. The number of hydrogen-bond donors (Lipinski definition) is 1. The van der Waals surface area contributed by atoms with Crippen molar-refractivity contribution in [2.24, 2.45) is 0 Å². The van der Waals surface area contributed by atoms with E-state index in [1.807, 2.05) is 26.2 Å². The fourth-order valence-electron chi connectivity index (χ4n) is 4.07. The molecule has 1 saturated heterocycles. The molecule has 3 heterocycles. The monoisotopic (exact) mass is 493 g/mol. The zero-order chi connectivity index (χ0) is 24.1. The van der Waals surface area contributed by atoms with Crippen molar-refractivity contribution in [3.8, 4) is 5.75 Å². The summed E-state index contributed by atoms with van der Waals surface area (Å²) in [5.74, 6) is 1.51. The molecule has 1 N–H and O–H groups in total. The number of halogens is 3. The lowest BCUT2D eigenvalue weighted by atomic mass is 10.0. The number of aromatic nitrogens is 2. The predicted molar refractivity (Wildman–Crippen MR) is 130 cm³/mol. The smallest absolute Gasteiger partial charge is 0.393 e. The van der Waals surface area contributed by atoms with Crippen molar-refractivity contribution in [3.05, 3.63) is 47.1 Å². The average Bonchev–Trinajstić information content (AvgIpc) is 3.17. The molecule has 1 aliphatic rings. The van der Waals surface area contributed by atoms with Gasteiger partial charge in [-0.15, -0.1) is 11.3 Å². The molecular formula is C24H30F3N5OS. The minimum Gasteiger partial charge on any atom is -0.492 e. The molecule has 0 aliphatic carbocycles. The van der Waals surface area contributed by atoms with E-state index in [-0.39, 0.29) is 10.9 Å². The van der Waals surface area contributed by atoms with Crippen LogP contribution in [0.25, 0.3) is 10.2 Å². The number of rotatable bonds is 9. The Hall–Kier alpha value is -2.43. The molecule has 0 amide bonds. The molecule has 0 spiro atoms. The molecule has 1 aliphatic heterocycles. The number of fused-ring (bicyclic) bond motifs is 1. The first-order valence-electron chi connectivity index (χ1n) is 11.4. The Bertz CT molecular complexity index is 1080. The maximum atomic E-state index is 12.8. The van der Waals surface area contributed by atoms with E-state index in [9.17, 15) is 13.2 Å². The summed E-state index contributed by atoms with van der Waals surface area (Å²) in [5.41, 5.74) is 1.22. The molecule has 2 aromatic heterocycles. The van der Waals surface area contributed by atoms with E-state index < -0.39 is 12.6 Å². The van der Waals surface area contributed by atoms with E-state index in [1.165, 1.54) is 11.9 Å². The fraction of sp³-hybridized carbons (Fsp3) is 0.500. The van der Waals surface area contributed by atoms with Gasteiger partial charge in [0.2, 0.25) is 0 Å². The molecule has 34 heavy (non-hydrogen) atoms. The minimum atomic E-state index is -4.23. The van der Waals surface area contributed by atoms with Gasteiger partial charge in [0.05, 0.1) is 11.8 Å². The van der Waals surface area contributed by atoms with Crippen LogP contribution in [0.4, 0.5) is 19.0 Å². The molecule has 3 aromatic rings. The summed E-state index contributed by atoms with van der Waals surface area (Å²) in [6.45, 7) is 4.26. The highest BCUT2D eigenvalue weighted by molar-refractivity contribution is 7.18. The summed E-state index contributed by atoms with van der Waals surface area (Å²) in [4.78, 5) is 13.8. The lowest BCUT2D eigenvalue weighted by Gasteiger charge is -2.32. The van der Waals surface area contributed by atoms with Crippen molar-refractivity contribution in [2.75, 3.05) is 45.7 Å². The molecular weight excluding hydrogens is 463 g/mol. The van der Waals surface area contributed by atoms with Gasteiger partial charge in [0.15, 0.2) is 0 Å². The van der Waals surface area contributed by atoms with Gasteiger partial charge in [-0.25, -0.2) is 9.97 Å². The van der Waals surface area contributed by atoms with Crippen molar-refractivity contribution in [1.29, 1.82) is 0 Å². The molecule has 184 valence electrons. The van der Waals surface area contributed by atoms with Crippen LogP contribution < -0.4 is 10.1 Å². The molecule has 0 radical (unpaired) electrons. The van der Waals surface area contributed by atoms with Crippen LogP contribution in [0.2, 0.25) is 0 Å². The normalized spacial score (nSPS) is 15.8. The van der Waals surface area contributed by atoms with Crippen LogP contribution in [0.1, 0.15) is 23.3 Å². The summed E-state index contributed by atoms with van der Waals surface area (Å²) in [6, 6.07) is 10.0. The van der Waals surface area contributed by atoms with Gasteiger partial charge in [-0.3, -0.25) is 4.90 Å². The lowest BCUT2D eigenvalue weighted by Crippen LogP contribution is -2.38. The van der Waals surface area contributed by atoms with Gasteiger partial charge in [-0.1, -0.05) is 12.1 Å². The number of likely N-dealkylation sites (tertiary alicyclic amines) is 1. The predicted octanol–water partition coefficient (Wildman–Crippen LogP) is 4.81. The van der Waals surface area contributed by atoms with Crippen LogP contribution in [0.15, 0.2) is 36.7 Å². The molecule has 0 saturated carbocycles. The lowest BCUT2D eigenvalue weighted by molar-refractivity contribution is -0.126. The number of nitrogens with zero attached hydrogens (tertiary/aromatic N) is 4. The van der Waals surface area contributed by atoms with Crippen LogP contribution in [0.5, 0.6) is 5.75 Å². The van der Waals surface area contributed by atoms with E-state index in [2.05, 4.69) is 37.2 Å². The summed E-state index contributed by atoms with van der Waals surface area (Å²) in [5, 5.41) is 4.12. The second-order valence-corrected chi connectivity index (χ2v) is 10.1. The molecule has 0 atom stereocenters. The number of anilines is 1. The second-order valence-electron chi connectivity index (χ2n) is 8.94. The van der Waals surface area contributed by atoms with Crippen LogP contribution in [-0.2, 0) is 13.0 Å². The molecule has 4 rings (SSSR count). The molecule has 0 unspecified atom stereocenters. The van der Waals surface area contributed by atoms with E-state index in [0.29, 0.717) is 22.6 Å². The topological polar surface area (TPSA) is 53.5 Å². The highest BCUT2D eigenvalue weighted by Crippen LogP contribution is 2.33.